The highest BCUT2D eigenvalue weighted by Gasteiger charge is 2.39. The van der Waals surface area contributed by atoms with Gasteiger partial charge in [-0.25, -0.2) is 0 Å². The fraction of sp³-hybridized carbons (Fsp3) is 0.500. The maximum Gasteiger partial charge on any atom is 0.261 e. The van der Waals surface area contributed by atoms with E-state index in [1.807, 2.05) is 4.90 Å². The van der Waals surface area contributed by atoms with Crippen LogP contribution in [0.15, 0.2) is 12.1 Å². The van der Waals surface area contributed by atoms with E-state index >= 15 is 0 Å². The lowest BCUT2D eigenvalue weighted by Gasteiger charge is -2.15. The van der Waals surface area contributed by atoms with Crippen LogP contribution in [-0.4, -0.2) is 35.3 Å². The van der Waals surface area contributed by atoms with Crippen LogP contribution in [-0.2, 0) is 4.79 Å². The van der Waals surface area contributed by atoms with Crippen molar-refractivity contribution < 1.29 is 9.59 Å². The molecule has 1 aromatic heterocycles. The summed E-state index contributed by atoms with van der Waals surface area (Å²) in [4.78, 5) is 26.2. The Labute approximate surface area is 114 Å². The molecule has 1 N–H and O–H groups in total. The van der Waals surface area contributed by atoms with E-state index in [0.717, 1.165) is 12.8 Å². The summed E-state index contributed by atoms with van der Waals surface area (Å²) in [7, 11) is 0. The molecule has 0 aromatic carbocycles. The van der Waals surface area contributed by atoms with Crippen LogP contribution in [0.5, 0.6) is 0 Å². The molecule has 0 bridgehead atoms. The molecule has 0 spiro atoms. The molecule has 2 aliphatic rings. The molecule has 0 unspecified atom stereocenters. The standard InChI is InChI=1S/C12H13ClN2O2S/c13-10-4-3-9(18-10)12(17)14-7-5-11(16)15(6-7)8-1-2-8/h3-4,7-8H,1-2,5-6H2,(H,14,17)/t7-/m1/s1. The number of rotatable bonds is 3. The Morgan fingerprint density at radius 1 is 1.44 bits per heavy atom. The second-order valence-electron chi connectivity index (χ2n) is 4.76. The zero-order valence-electron chi connectivity index (χ0n) is 9.69. The van der Waals surface area contributed by atoms with Crippen molar-refractivity contribution in [2.45, 2.75) is 31.3 Å². The molecule has 1 aromatic rings. The third kappa shape index (κ3) is 2.37. The van der Waals surface area contributed by atoms with Gasteiger partial charge in [-0.05, 0) is 25.0 Å². The fourth-order valence-corrected chi connectivity index (χ4v) is 3.21. The molecule has 2 amide bonds. The van der Waals surface area contributed by atoms with Crippen molar-refractivity contribution in [2.24, 2.45) is 0 Å². The van der Waals surface area contributed by atoms with Crippen molar-refractivity contribution >= 4 is 34.8 Å². The maximum absolute atomic E-state index is 11.9. The Bertz CT molecular complexity index is 498. The molecule has 18 heavy (non-hydrogen) atoms. The van der Waals surface area contributed by atoms with Crippen LogP contribution >= 0.6 is 22.9 Å². The molecule has 1 aliphatic carbocycles. The SMILES string of the molecule is O=C(N[C@@H]1CC(=O)N(C2CC2)C1)c1ccc(Cl)s1. The predicted molar refractivity (Wildman–Crippen MR) is 69.9 cm³/mol. The summed E-state index contributed by atoms with van der Waals surface area (Å²) in [5, 5.41) is 2.90. The molecule has 1 aliphatic heterocycles. The first-order valence-electron chi connectivity index (χ1n) is 5.99. The highest BCUT2D eigenvalue weighted by molar-refractivity contribution is 7.17. The summed E-state index contributed by atoms with van der Waals surface area (Å²) in [6, 6.07) is 3.77. The number of hydrogen-bond acceptors (Lipinski definition) is 3. The second-order valence-corrected chi connectivity index (χ2v) is 6.47. The molecule has 6 heteroatoms. The molecular formula is C12H13ClN2O2S. The fourth-order valence-electron chi connectivity index (χ4n) is 2.26. The quantitative estimate of drug-likeness (QED) is 0.921. The first-order valence-corrected chi connectivity index (χ1v) is 7.18. The van der Waals surface area contributed by atoms with Gasteiger partial charge in [-0.3, -0.25) is 9.59 Å². The van der Waals surface area contributed by atoms with Gasteiger partial charge in [0.1, 0.15) is 0 Å². The topological polar surface area (TPSA) is 49.4 Å². The highest BCUT2D eigenvalue weighted by atomic mass is 35.5. The van der Waals surface area contributed by atoms with Crippen molar-refractivity contribution in [2.75, 3.05) is 6.54 Å². The van der Waals surface area contributed by atoms with E-state index in [-0.39, 0.29) is 17.9 Å². The van der Waals surface area contributed by atoms with E-state index in [2.05, 4.69) is 5.32 Å². The molecule has 0 radical (unpaired) electrons. The monoisotopic (exact) mass is 284 g/mol. The average Bonchev–Trinajstić information content (AvgIpc) is 2.97. The predicted octanol–water partition coefficient (Wildman–Crippen LogP) is 1.89. The molecule has 96 valence electrons. The van der Waals surface area contributed by atoms with Crippen molar-refractivity contribution in [1.29, 1.82) is 0 Å². The lowest BCUT2D eigenvalue weighted by atomic mass is 10.2. The molecule has 4 nitrogen and oxygen atoms in total. The van der Waals surface area contributed by atoms with Gasteiger partial charge in [0.2, 0.25) is 5.91 Å². The summed E-state index contributed by atoms with van der Waals surface area (Å²) in [5.74, 6) is 0.0226. The van der Waals surface area contributed by atoms with E-state index in [0.29, 0.717) is 28.2 Å². The van der Waals surface area contributed by atoms with Crippen molar-refractivity contribution in [3.8, 4) is 0 Å². The van der Waals surface area contributed by atoms with Gasteiger partial charge < -0.3 is 10.2 Å². The van der Waals surface area contributed by atoms with Gasteiger partial charge in [0.15, 0.2) is 0 Å². The number of thiophene rings is 1. The molecule has 2 fully saturated rings. The average molecular weight is 285 g/mol. The van der Waals surface area contributed by atoms with Gasteiger partial charge in [-0.2, -0.15) is 0 Å². The maximum atomic E-state index is 11.9. The summed E-state index contributed by atoms with van der Waals surface area (Å²) < 4.78 is 0.599. The van der Waals surface area contributed by atoms with Crippen LogP contribution in [0, 0.1) is 0 Å². The number of nitrogens with one attached hydrogen (secondary N) is 1. The van der Waals surface area contributed by atoms with E-state index in [1.165, 1.54) is 11.3 Å². The minimum atomic E-state index is -0.137. The molecule has 1 saturated carbocycles. The van der Waals surface area contributed by atoms with Crippen LogP contribution in [0.2, 0.25) is 4.34 Å². The van der Waals surface area contributed by atoms with Crippen LogP contribution in [0.25, 0.3) is 0 Å². The lowest BCUT2D eigenvalue weighted by Crippen LogP contribution is -2.37. The number of carbonyl (C=O) groups is 2. The Hall–Kier alpha value is -1.07. The Kier molecular flexibility index (Phi) is 3.03. The Morgan fingerprint density at radius 2 is 2.22 bits per heavy atom. The van der Waals surface area contributed by atoms with Crippen molar-refractivity contribution in [3.63, 3.8) is 0 Å². The number of nitrogens with zero attached hydrogens (tertiary/aromatic N) is 1. The highest BCUT2D eigenvalue weighted by Crippen LogP contribution is 2.30. The number of amides is 2. The van der Waals surface area contributed by atoms with Gasteiger partial charge in [0, 0.05) is 19.0 Å². The summed E-state index contributed by atoms with van der Waals surface area (Å²) in [6.07, 6.45) is 2.63. The largest absolute Gasteiger partial charge is 0.346 e. The number of likely N-dealkylation sites (tertiary alicyclic amines) is 1. The van der Waals surface area contributed by atoms with E-state index in [9.17, 15) is 9.59 Å². The molecule has 2 heterocycles. The van der Waals surface area contributed by atoms with Crippen LogP contribution in [0.4, 0.5) is 0 Å². The number of carbonyl (C=O) groups excluding carboxylic acids is 2. The summed E-state index contributed by atoms with van der Waals surface area (Å²) >= 11 is 7.05. The first kappa shape index (κ1) is 12.0. The normalized spacial score (nSPS) is 23.5. The summed E-state index contributed by atoms with van der Waals surface area (Å²) in [5.41, 5.74) is 0. The lowest BCUT2D eigenvalue weighted by molar-refractivity contribution is -0.128. The first-order chi connectivity index (χ1) is 8.63. The zero-order valence-corrected chi connectivity index (χ0v) is 11.3. The minimum absolute atomic E-state index is 0.0634. The van der Waals surface area contributed by atoms with Gasteiger partial charge in [-0.15, -0.1) is 11.3 Å². The molecule has 1 atom stereocenters. The van der Waals surface area contributed by atoms with E-state index in [4.69, 9.17) is 11.6 Å². The van der Waals surface area contributed by atoms with Crippen LogP contribution < -0.4 is 5.32 Å². The second kappa shape index (κ2) is 4.55. The van der Waals surface area contributed by atoms with Gasteiger partial charge in [-0.1, -0.05) is 11.6 Å². The number of hydrogen-bond donors (Lipinski definition) is 1. The summed E-state index contributed by atoms with van der Waals surface area (Å²) in [6.45, 7) is 0.647. The van der Waals surface area contributed by atoms with E-state index < -0.39 is 0 Å². The molecule has 1 saturated heterocycles. The van der Waals surface area contributed by atoms with Crippen LogP contribution in [0.1, 0.15) is 28.9 Å². The van der Waals surface area contributed by atoms with Crippen molar-refractivity contribution in [3.05, 3.63) is 21.3 Å². The zero-order chi connectivity index (χ0) is 12.7. The van der Waals surface area contributed by atoms with Crippen LogP contribution in [0.3, 0.4) is 0 Å². The minimum Gasteiger partial charge on any atom is -0.346 e. The van der Waals surface area contributed by atoms with E-state index in [1.54, 1.807) is 12.1 Å². The van der Waals surface area contributed by atoms with Gasteiger partial charge in [0.05, 0.1) is 15.3 Å². The Balaban J connectivity index is 1.60. The molecule has 3 rings (SSSR count). The molecular weight excluding hydrogens is 272 g/mol. The third-order valence-corrected chi connectivity index (χ3v) is 4.51. The van der Waals surface area contributed by atoms with Gasteiger partial charge in [0.25, 0.3) is 5.91 Å². The van der Waals surface area contributed by atoms with Crippen molar-refractivity contribution in [1.82, 2.24) is 10.2 Å². The van der Waals surface area contributed by atoms with Gasteiger partial charge >= 0.3 is 0 Å². The number of halogens is 1. The smallest absolute Gasteiger partial charge is 0.261 e. The third-order valence-electron chi connectivity index (χ3n) is 3.28. The Morgan fingerprint density at radius 3 is 2.83 bits per heavy atom.